The zero-order valence-electron chi connectivity index (χ0n) is 16.4. The lowest BCUT2D eigenvalue weighted by atomic mass is 10.1. The minimum Gasteiger partial charge on any atom is -0.496 e. The van der Waals surface area contributed by atoms with Crippen LogP contribution in [0.3, 0.4) is 0 Å². The maximum atomic E-state index is 12.1. The molecule has 0 saturated carbocycles. The molecule has 2 rings (SSSR count). The van der Waals surface area contributed by atoms with Crippen LogP contribution in [0.25, 0.3) is 0 Å². The van der Waals surface area contributed by atoms with E-state index < -0.39 is 0 Å². The van der Waals surface area contributed by atoms with Gasteiger partial charge in [-0.05, 0) is 18.2 Å². The van der Waals surface area contributed by atoms with Crippen molar-refractivity contribution in [1.82, 2.24) is 5.32 Å². The number of halogens is 1. The minimum atomic E-state index is -0.190. The molecule has 0 spiro atoms. The molecule has 2 amide bonds. The van der Waals surface area contributed by atoms with Crippen LogP contribution >= 0.6 is 27.7 Å². The summed E-state index contributed by atoms with van der Waals surface area (Å²) in [6.07, 6.45) is 0. The fourth-order valence-corrected chi connectivity index (χ4v) is 3.54. The third-order valence-electron chi connectivity index (χ3n) is 3.85. The van der Waals surface area contributed by atoms with Gasteiger partial charge in [0.15, 0.2) is 0 Å². The summed E-state index contributed by atoms with van der Waals surface area (Å²) in [5, 5.41) is 5.61. The van der Waals surface area contributed by atoms with E-state index in [-0.39, 0.29) is 29.9 Å². The first-order valence-electron chi connectivity index (χ1n) is 8.65. The monoisotopic (exact) mass is 482 g/mol. The third kappa shape index (κ3) is 7.17. The van der Waals surface area contributed by atoms with Crippen molar-refractivity contribution < 1.29 is 23.8 Å². The molecule has 0 unspecified atom stereocenters. The van der Waals surface area contributed by atoms with Gasteiger partial charge in [0.05, 0.1) is 44.9 Å². The van der Waals surface area contributed by atoms with Crippen molar-refractivity contribution in [2.75, 3.05) is 38.2 Å². The predicted octanol–water partition coefficient (Wildman–Crippen LogP) is 3.46. The zero-order chi connectivity index (χ0) is 21.2. The quantitative estimate of drug-likeness (QED) is 0.539. The lowest BCUT2D eigenvalue weighted by Gasteiger charge is -2.15. The number of carbonyl (C=O) groups excluding carboxylic acids is 2. The van der Waals surface area contributed by atoms with Crippen LogP contribution in [-0.4, -0.2) is 44.6 Å². The molecule has 0 radical (unpaired) electrons. The van der Waals surface area contributed by atoms with E-state index in [1.165, 1.54) is 11.8 Å². The Kier molecular flexibility index (Phi) is 9.14. The number of thioether (sulfide) groups is 1. The molecule has 0 fully saturated rings. The average Bonchev–Trinajstić information content (AvgIpc) is 2.71. The van der Waals surface area contributed by atoms with Gasteiger partial charge in [-0.15, -0.1) is 11.8 Å². The zero-order valence-corrected chi connectivity index (χ0v) is 18.8. The average molecular weight is 483 g/mol. The molecule has 0 bridgehead atoms. The number of amides is 2. The van der Waals surface area contributed by atoms with Crippen LogP contribution in [-0.2, 0) is 16.1 Å². The van der Waals surface area contributed by atoms with Gasteiger partial charge in [0.1, 0.15) is 17.2 Å². The Labute approximate surface area is 182 Å². The number of ether oxygens (including phenoxy) is 3. The highest BCUT2D eigenvalue weighted by Gasteiger charge is 2.14. The summed E-state index contributed by atoms with van der Waals surface area (Å²) in [5.41, 5.74) is 1.41. The van der Waals surface area contributed by atoms with Gasteiger partial charge in [-0.1, -0.05) is 22.0 Å². The Morgan fingerprint density at radius 2 is 1.62 bits per heavy atom. The maximum Gasteiger partial charge on any atom is 0.234 e. The summed E-state index contributed by atoms with van der Waals surface area (Å²) in [6, 6.07) is 10.8. The molecule has 0 aliphatic carbocycles. The highest BCUT2D eigenvalue weighted by molar-refractivity contribution is 9.10. The lowest BCUT2D eigenvalue weighted by Crippen LogP contribution is -2.26. The van der Waals surface area contributed by atoms with Gasteiger partial charge in [0.2, 0.25) is 11.8 Å². The molecule has 0 atom stereocenters. The van der Waals surface area contributed by atoms with E-state index in [2.05, 4.69) is 26.6 Å². The third-order valence-corrected chi connectivity index (χ3v) is 5.28. The summed E-state index contributed by atoms with van der Waals surface area (Å²) < 4.78 is 16.8. The van der Waals surface area contributed by atoms with Crippen molar-refractivity contribution in [3.63, 3.8) is 0 Å². The molecule has 0 aliphatic rings. The molecule has 2 N–H and O–H groups in total. The van der Waals surface area contributed by atoms with Crippen LogP contribution < -0.4 is 24.8 Å². The largest absolute Gasteiger partial charge is 0.496 e. The van der Waals surface area contributed by atoms with Crippen LogP contribution in [0.1, 0.15) is 5.56 Å². The first kappa shape index (κ1) is 22.9. The summed E-state index contributed by atoms with van der Waals surface area (Å²) in [6.45, 7) is 0.236. The number of hydrogen-bond acceptors (Lipinski definition) is 6. The van der Waals surface area contributed by atoms with Crippen LogP contribution in [0.15, 0.2) is 40.9 Å². The lowest BCUT2D eigenvalue weighted by molar-refractivity contribution is -0.118. The van der Waals surface area contributed by atoms with E-state index in [0.717, 1.165) is 4.47 Å². The van der Waals surface area contributed by atoms with E-state index in [1.54, 1.807) is 39.5 Å². The second-order valence-electron chi connectivity index (χ2n) is 5.84. The fourth-order valence-electron chi connectivity index (χ4n) is 2.49. The van der Waals surface area contributed by atoms with E-state index in [4.69, 9.17) is 14.2 Å². The molecular formula is C20H23BrN2O5S. The molecular weight excluding hydrogens is 460 g/mol. The highest BCUT2D eigenvalue weighted by atomic mass is 79.9. The first-order chi connectivity index (χ1) is 14.0. The number of methoxy groups -OCH3 is 3. The Morgan fingerprint density at radius 3 is 2.21 bits per heavy atom. The van der Waals surface area contributed by atoms with Crippen molar-refractivity contribution in [3.05, 3.63) is 46.4 Å². The number of carbonyl (C=O) groups is 2. The van der Waals surface area contributed by atoms with Crippen LogP contribution in [0.5, 0.6) is 17.2 Å². The number of hydrogen-bond donors (Lipinski definition) is 2. The van der Waals surface area contributed by atoms with Crippen molar-refractivity contribution in [1.29, 1.82) is 0 Å². The van der Waals surface area contributed by atoms with E-state index in [9.17, 15) is 9.59 Å². The summed E-state index contributed by atoms with van der Waals surface area (Å²) in [7, 11) is 4.64. The van der Waals surface area contributed by atoms with Gasteiger partial charge in [-0.2, -0.15) is 0 Å². The van der Waals surface area contributed by atoms with Crippen LogP contribution in [0.2, 0.25) is 0 Å². The Hall–Kier alpha value is -2.39. The summed E-state index contributed by atoms with van der Waals surface area (Å²) >= 11 is 4.59. The fraction of sp³-hybridized carbons (Fsp3) is 0.300. The van der Waals surface area contributed by atoms with Gasteiger partial charge in [0, 0.05) is 22.3 Å². The van der Waals surface area contributed by atoms with Gasteiger partial charge in [-0.25, -0.2) is 0 Å². The van der Waals surface area contributed by atoms with Gasteiger partial charge >= 0.3 is 0 Å². The second-order valence-corrected chi connectivity index (χ2v) is 7.74. The molecule has 29 heavy (non-hydrogen) atoms. The predicted molar refractivity (Wildman–Crippen MR) is 118 cm³/mol. The van der Waals surface area contributed by atoms with Crippen LogP contribution in [0, 0.1) is 0 Å². The summed E-state index contributed by atoms with van der Waals surface area (Å²) in [5.74, 6) is 1.69. The Morgan fingerprint density at radius 1 is 0.966 bits per heavy atom. The van der Waals surface area contributed by atoms with Gasteiger partial charge in [0.25, 0.3) is 0 Å². The van der Waals surface area contributed by atoms with Crippen LogP contribution in [0.4, 0.5) is 5.69 Å². The molecule has 2 aromatic rings. The SMILES string of the molecule is COc1cc(OC)c(CNC(=O)CSCC(=O)Nc2cccc(Br)c2)c(OC)c1. The van der Waals surface area contributed by atoms with Crippen molar-refractivity contribution in [2.24, 2.45) is 0 Å². The van der Waals surface area contributed by atoms with E-state index in [1.807, 2.05) is 18.2 Å². The topological polar surface area (TPSA) is 85.9 Å². The van der Waals surface area contributed by atoms with Crippen molar-refractivity contribution in [2.45, 2.75) is 6.54 Å². The Bertz CT molecular complexity index is 838. The summed E-state index contributed by atoms with van der Waals surface area (Å²) in [4.78, 5) is 24.1. The van der Waals surface area contributed by atoms with E-state index in [0.29, 0.717) is 28.5 Å². The van der Waals surface area contributed by atoms with Crippen molar-refractivity contribution in [3.8, 4) is 17.2 Å². The number of benzene rings is 2. The molecule has 0 saturated heterocycles. The van der Waals surface area contributed by atoms with Crippen molar-refractivity contribution >= 4 is 45.2 Å². The van der Waals surface area contributed by atoms with Gasteiger partial charge in [-0.3, -0.25) is 9.59 Å². The smallest absolute Gasteiger partial charge is 0.234 e. The molecule has 9 heteroatoms. The standard InChI is InChI=1S/C20H23BrN2O5S/c1-26-15-8-17(27-2)16(18(9-15)28-3)10-22-19(24)11-29-12-20(25)23-14-6-4-5-13(21)7-14/h4-9H,10-12H2,1-3H3,(H,22,24)(H,23,25). The molecule has 2 aromatic carbocycles. The number of nitrogens with one attached hydrogen (secondary N) is 2. The number of anilines is 1. The molecule has 7 nitrogen and oxygen atoms in total. The molecule has 156 valence electrons. The van der Waals surface area contributed by atoms with E-state index >= 15 is 0 Å². The molecule has 0 aliphatic heterocycles. The number of rotatable bonds is 10. The molecule has 0 heterocycles. The second kappa shape index (κ2) is 11.6. The Balaban J connectivity index is 1.82. The minimum absolute atomic E-state index is 0.159. The normalized spacial score (nSPS) is 10.2. The maximum absolute atomic E-state index is 12.1. The first-order valence-corrected chi connectivity index (χ1v) is 10.6. The molecule has 0 aromatic heterocycles. The van der Waals surface area contributed by atoms with Gasteiger partial charge < -0.3 is 24.8 Å². The highest BCUT2D eigenvalue weighted by Crippen LogP contribution is 2.33.